The molecule has 0 spiro atoms. The van der Waals surface area contributed by atoms with Crippen LogP contribution in [0, 0.1) is 5.92 Å². The second kappa shape index (κ2) is 6.45. The van der Waals surface area contributed by atoms with Gasteiger partial charge in [-0.3, -0.25) is 13.9 Å². The largest absolute Gasteiger partial charge is 0.383 e. The van der Waals surface area contributed by atoms with Gasteiger partial charge in [0, 0.05) is 20.1 Å². The Labute approximate surface area is 113 Å². The molecule has 0 bridgehead atoms. The molecule has 0 aromatic carbocycles. The van der Waals surface area contributed by atoms with Gasteiger partial charge in [0.2, 0.25) is 0 Å². The SMILES string of the molecule is CCCn1c(N)c(NCC(C)CC)c(=O)n(C)c1=O. The molecule has 0 aliphatic rings. The van der Waals surface area contributed by atoms with Crippen molar-refractivity contribution in [1.29, 1.82) is 0 Å². The number of nitrogens with one attached hydrogen (secondary N) is 1. The highest BCUT2D eigenvalue weighted by molar-refractivity contribution is 5.60. The van der Waals surface area contributed by atoms with Crippen molar-refractivity contribution in [2.75, 3.05) is 17.6 Å². The van der Waals surface area contributed by atoms with Crippen LogP contribution in [0.25, 0.3) is 0 Å². The van der Waals surface area contributed by atoms with E-state index in [1.165, 1.54) is 11.6 Å². The summed E-state index contributed by atoms with van der Waals surface area (Å²) in [5, 5.41) is 3.08. The average molecular weight is 268 g/mol. The molecular weight excluding hydrogens is 244 g/mol. The van der Waals surface area contributed by atoms with E-state index in [0.29, 0.717) is 24.7 Å². The molecule has 0 saturated heterocycles. The van der Waals surface area contributed by atoms with Crippen LogP contribution in [0.5, 0.6) is 0 Å². The number of rotatable bonds is 6. The molecule has 1 atom stereocenters. The Kier molecular flexibility index (Phi) is 5.20. The fraction of sp³-hybridized carbons (Fsp3) is 0.692. The second-order valence-electron chi connectivity index (χ2n) is 4.95. The molecule has 1 rings (SSSR count). The molecule has 1 aromatic rings. The van der Waals surface area contributed by atoms with E-state index in [1.807, 2.05) is 6.92 Å². The minimum absolute atomic E-state index is 0.234. The molecule has 1 unspecified atom stereocenters. The zero-order valence-electron chi connectivity index (χ0n) is 12.2. The summed E-state index contributed by atoms with van der Waals surface area (Å²) in [4.78, 5) is 24.0. The predicted molar refractivity (Wildman–Crippen MR) is 78.6 cm³/mol. The second-order valence-corrected chi connectivity index (χ2v) is 4.95. The van der Waals surface area contributed by atoms with Crippen molar-refractivity contribution in [3.8, 4) is 0 Å². The van der Waals surface area contributed by atoms with Crippen LogP contribution in [0.1, 0.15) is 33.6 Å². The van der Waals surface area contributed by atoms with Crippen LogP contribution in [0.3, 0.4) is 0 Å². The van der Waals surface area contributed by atoms with Crippen LogP contribution >= 0.6 is 0 Å². The highest BCUT2D eigenvalue weighted by atomic mass is 16.2. The van der Waals surface area contributed by atoms with Gasteiger partial charge in [-0.05, 0) is 12.3 Å². The Morgan fingerprint density at radius 3 is 2.47 bits per heavy atom. The van der Waals surface area contributed by atoms with Crippen LogP contribution in [-0.2, 0) is 13.6 Å². The third-order valence-electron chi connectivity index (χ3n) is 3.35. The Morgan fingerprint density at radius 2 is 1.95 bits per heavy atom. The van der Waals surface area contributed by atoms with Crippen LogP contribution in [0.4, 0.5) is 11.5 Å². The zero-order valence-corrected chi connectivity index (χ0v) is 12.2. The smallest absolute Gasteiger partial charge is 0.332 e. The van der Waals surface area contributed by atoms with E-state index in [4.69, 9.17) is 5.73 Å². The standard InChI is InChI=1S/C13H24N4O2/c1-5-7-17-11(14)10(15-8-9(3)6-2)12(18)16(4)13(17)19/h9,15H,5-8,14H2,1-4H3. The molecule has 6 nitrogen and oxygen atoms in total. The van der Waals surface area contributed by atoms with Crippen LogP contribution in [-0.4, -0.2) is 15.7 Å². The number of anilines is 2. The predicted octanol–water partition coefficient (Wildman–Crippen LogP) is 0.997. The lowest BCUT2D eigenvalue weighted by Gasteiger charge is -2.17. The number of aromatic nitrogens is 2. The Balaban J connectivity index is 3.24. The maximum absolute atomic E-state index is 12.1. The lowest BCUT2D eigenvalue weighted by Crippen LogP contribution is -2.41. The van der Waals surface area contributed by atoms with E-state index >= 15 is 0 Å². The van der Waals surface area contributed by atoms with Gasteiger partial charge in [-0.2, -0.15) is 0 Å². The van der Waals surface area contributed by atoms with Crippen LogP contribution < -0.4 is 22.3 Å². The van der Waals surface area contributed by atoms with Gasteiger partial charge in [0.05, 0.1) is 0 Å². The lowest BCUT2D eigenvalue weighted by molar-refractivity contribution is 0.583. The van der Waals surface area contributed by atoms with Crippen molar-refractivity contribution in [1.82, 2.24) is 9.13 Å². The quantitative estimate of drug-likeness (QED) is 0.806. The summed E-state index contributed by atoms with van der Waals surface area (Å²) in [7, 11) is 1.48. The lowest BCUT2D eigenvalue weighted by atomic mass is 10.1. The highest BCUT2D eigenvalue weighted by Crippen LogP contribution is 2.12. The van der Waals surface area contributed by atoms with E-state index in [-0.39, 0.29) is 17.1 Å². The zero-order chi connectivity index (χ0) is 14.6. The topological polar surface area (TPSA) is 82.0 Å². The first kappa shape index (κ1) is 15.3. The summed E-state index contributed by atoms with van der Waals surface area (Å²) >= 11 is 0. The monoisotopic (exact) mass is 268 g/mol. The van der Waals surface area contributed by atoms with Gasteiger partial charge < -0.3 is 11.1 Å². The normalized spacial score (nSPS) is 12.4. The summed E-state index contributed by atoms with van der Waals surface area (Å²) < 4.78 is 2.55. The van der Waals surface area contributed by atoms with Gasteiger partial charge in [0.15, 0.2) is 0 Å². The molecule has 0 radical (unpaired) electrons. The van der Waals surface area contributed by atoms with Crippen molar-refractivity contribution in [3.63, 3.8) is 0 Å². The van der Waals surface area contributed by atoms with Crippen LogP contribution in [0.15, 0.2) is 9.59 Å². The van der Waals surface area contributed by atoms with Gasteiger partial charge in [0.25, 0.3) is 5.56 Å². The van der Waals surface area contributed by atoms with Crippen LogP contribution in [0.2, 0.25) is 0 Å². The molecule has 0 fully saturated rings. The molecule has 0 aliphatic heterocycles. The van der Waals surface area contributed by atoms with Crippen molar-refractivity contribution in [2.24, 2.45) is 13.0 Å². The van der Waals surface area contributed by atoms with E-state index in [1.54, 1.807) is 0 Å². The molecule has 3 N–H and O–H groups in total. The van der Waals surface area contributed by atoms with Crippen molar-refractivity contribution < 1.29 is 0 Å². The van der Waals surface area contributed by atoms with E-state index in [0.717, 1.165) is 17.4 Å². The maximum atomic E-state index is 12.1. The number of nitrogens with two attached hydrogens (primary N) is 1. The van der Waals surface area contributed by atoms with Gasteiger partial charge in [-0.1, -0.05) is 27.2 Å². The van der Waals surface area contributed by atoms with Gasteiger partial charge >= 0.3 is 5.69 Å². The van der Waals surface area contributed by atoms with Crippen molar-refractivity contribution in [2.45, 2.75) is 40.2 Å². The maximum Gasteiger partial charge on any atom is 0.332 e. The molecule has 1 heterocycles. The molecule has 108 valence electrons. The van der Waals surface area contributed by atoms with E-state index in [9.17, 15) is 9.59 Å². The fourth-order valence-corrected chi connectivity index (χ4v) is 1.81. The molecule has 1 aromatic heterocycles. The number of nitrogens with zero attached hydrogens (tertiary/aromatic N) is 2. The molecule has 0 amide bonds. The molecular formula is C13H24N4O2. The Morgan fingerprint density at radius 1 is 1.32 bits per heavy atom. The first-order chi connectivity index (χ1) is 8.93. The first-order valence-corrected chi connectivity index (χ1v) is 6.77. The number of hydrogen-bond acceptors (Lipinski definition) is 4. The minimum Gasteiger partial charge on any atom is -0.383 e. The Hall–Kier alpha value is -1.72. The van der Waals surface area contributed by atoms with E-state index < -0.39 is 0 Å². The minimum atomic E-state index is -0.363. The fourth-order valence-electron chi connectivity index (χ4n) is 1.81. The number of hydrogen-bond donors (Lipinski definition) is 2. The summed E-state index contributed by atoms with van der Waals surface area (Å²) in [5.41, 5.74) is 5.56. The van der Waals surface area contributed by atoms with Crippen molar-refractivity contribution >= 4 is 11.5 Å². The third kappa shape index (κ3) is 3.19. The summed E-state index contributed by atoms with van der Waals surface area (Å²) in [6.45, 7) is 7.32. The molecule has 6 heteroatoms. The molecule has 19 heavy (non-hydrogen) atoms. The van der Waals surface area contributed by atoms with Gasteiger partial charge in [-0.25, -0.2) is 4.79 Å². The molecule has 0 aliphatic carbocycles. The molecule has 0 saturated carbocycles. The average Bonchev–Trinajstić information content (AvgIpc) is 2.41. The third-order valence-corrected chi connectivity index (χ3v) is 3.35. The van der Waals surface area contributed by atoms with E-state index in [2.05, 4.69) is 19.2 Å². The summed E-state index contributed by atoms with van der Waals surface area (Å²) in [6, 6.07) is 0. The Bertz CT molecular complexity index is 545. The highest BCUT2D eigenvalue weighted by Gasteiger charge is 2.14. The van der Waals surface area contributed by atoms with Gasteiger partial charge in [-0.15, -0.1) is 0 Å². The summed E-state index contributed by atoms with van der Waals surface area (Å²) in [6.07, 6.45) is 1.80. The first-order valence-electron chi connectivity index (χ1n) is 6.77. The van der Waals surface area contributed by atoms with Gasteiger partial charge in [0.1, 0.15) is 11.5 Å². The number of nitrogen functional groups attached to an aromatic ring is 1. The van der Waals surface area contributed by atoms with Crippen molar-refractivity contribution in [3.05, 3.63) is 20.8 Å². The summed E-state index contributed by atoms with van der Waals surface area (Å²) in [5.74, 6) is 0.675.